The third kappa shape index (κ3) is 7.33. The van der Waals surface area contributed by atoms with Crippen LogP contribution in [0.5, 0.6) is 5.75 Å². The van der Waals surface area contributed by atoms with Crippen molar-refractivity contribution >= 4 is 49.4 Å². The molecule has 29 heavy (non-hydrogen) atoms. The highest BCUT2D eigenvalue weighted by molar-refractivity contribution is 9.11. The summed E-state index contributed by atoms with van der Waals surface area (Å²) < 4.78 is 7.16. The number of nitrogen functional groups attached to an aromatic ring is 1. The number of hydrogen-bond donors (Lipinski definition) is 5. The summed E-state index contributed by atoms with van der Waals surface area (Å²) in [5.41, 5.74) is 12.7. The van der Waals surface area contributed by atoms with Gasteiger partial charge < -0.3 is 31.7 Å². The predicted octanol–water partition coefficient (Wildman–Crippen LogP) is 2.37. The third-order valence-corrected chi connectivity index (χ3v) is 5.14. The Hall–Kier alpha value is -2.11. The number of H-pyrrole nitrogens is 1. The molecule has 0 aliphatic carbocycles. The number of aromatic nitrogens is 2. The van der Waals surface area contributed by atoms with E-state index in [4.69, 9.17) is 16.2 Å². The van der Waals surface area contributed by atoms with E-state index in [9.17, 15) is 10.0 Å². The van der Waals surface area contributed by atoms with Crippen LogP contribution < -0.4 is 21.5 Å². The van der Waals surface area contributed by atoms with Crippen molar-refractivity contribution in [2.45, 2.75) is 25.7 Å². The molecule has 1 heterocycles. The summed E-state index contributed by atoms with van der Waals surface area (Å²) in [4.78, 5) is 19.2. The average Bonchev–Trinajstić information content (AvgIpc) is 3.10. The molecule has 2 aromatic rings. The molecular formula is C18H24Br2N6O3. The van der Waals surface area contributed by atoms with E-state index in [-0.39, 0.29) is 12.1 Å². The first-order valence-electron chi connectivity index (χ1n) is 9.03. The average molecular weight is 532 g/mol. The van der Waals surface area contributed by atoms with E-state index in [1.807, 2.05) is 12.1 Å². The lowest BCUT2D eigenvalue weighted by Crippen LogP contribution is -2.33. The first-order chi connectivity index (χ1) is 13.9. The van der Waals surface area contributed by atoms with Crippen molar-refractivity contribution in [2.24, 2.45) is 10.9 Å². The highest BCUT2D eigenvalue weighted by Crippen LogP contribution is 2.35. The van der Waals surface area contributed by atoms with E-state index in [2.05, 4.69) is 52.3 Å². The van der Waals surface area contributed by atoms with Gasteiger partial charge in [0.2, 0.25) is 0 Å². The Morgan fingerprint density at radius 1 is 1.31 bits per heavy atom. The van der Waals surface area contributed by atoms with Crippen molar-refractivity contribution in [3.8, 4) is 5.75 Å². The standard InChI is InChI=1S/C18H24Br2N6O3/c19-13-7-11(8-14(20)16(13)29-6-2-4-21)9-15(26-28)17(27)23-5-1-3-12-10-24-18(22)25-12/h7-8,10,28H,1-6,9,21H2,(H,23,27)(H3,22,24,25)/b26-15-. The summed E-state index contributed by atoms with van der Waals surface area (Å²) in [6, 6.07) is 3.65. The number of carbonyl (C=O) groups excluding carboxylic acids is 1. The van der Waals surface area contributed by atoms with Crippen molar-refractivity contribution in [1.82, 2.24) is 15.3 Å². The second-order valence-corrected chi connectivity index (χ2v) is 7.96. The number of amides is 1. The molecule has 0 unspecified atom stereocenters. The van der Waals surface area contributed by atoms with Gasteiger partial charge in [-0.05, 0) is 75.4 Å². The number of halogens is 2. The van der Waals surface area contributed by atoms with E-state index >= 15 is 0 Å². The molecule has 0 atom stereocenters. The lowest BCUT2D eigenvalue weighted by Gasteiger charge is -2.12. The van der Waals surface area contributed by atoms with Gasteiger partial charge >= 0.3 is 0 Å². The number of carbonyl (C=O) groups is 1. The molecule has 1 aromatic heterocycles. The quantitative estimate of drug-likeness (QED) is 0.130. The fourth-order valence-corrected chi connectivity index (χ4v) is 4.06. The largest absolute Gasteiger partial charge is 0.491 e. The Labute approximate surface area is 185 Å². The fraction of sp³-hybridized carbons (Fsp3) is 0.389. The lowest BCUT2D eigenvalue weighted by atomic mass is 10.1. The number of aromatic amines is 1. The SMILES string of the molecule is NCCCOc1c(Br)cc(C/C(=N/O)C(=O)NCCCc2cnc(N)[nH]2)cc1Br. The van der Waals surface area contributed by atoms with Crippen LogP contribution in [0.4, 0.5) is 5.95 Å². The van der Waals surface area contributed by atoms with Gasteiger partial charge in [0.05, 0.1) is 21.7 Å². The molecule has 1 aromatic carbocycles. The van der Waals surface area contributed by atoms with E-state index in [0.717, 1.165) is 26.6 Å². The zero-order valence-corrected chi connectivity index (χ0v) is 18.9. The summed E-state index contributed by atoms with van der Waals surface area (Å²) >= 11 is 6.94. The molecular weight excluding hydrogens is 508 g/mol. The molecule has 0 radical (unpaired) electrons. The van der Waals surface area contributed by atoms with Gasteiger partial charge in [-0.15, -0.1) is 0 Å². The summed E-state index contributed by atoms with van der Waals surface area (Å²) in [6.07, 6.45) is 3.96. The van der Waals surface area contributed by atoms with Crippen molar-refractivity contribution < 1.29 is 14.7 Å². The van der Waals surface area contributed by atoms with Gasteiger partial charge in [0, 0.05) is 18.7 Å². The van der Waals surface area contributed by atoms with Crippen LogP contribution in [0.1, 0.15) is 24.1 Å². The van der Waals surface area contributed by atoms with E-state index in [0.29, 0.717) is 44.2 Å². The van der Waals surface area contributed by atoms with Crippen LogP contribution >= 0.6 is 31.9 Å². The number of imidazole rings is 1. The normalized spacial score (nSPS) is 11.5. The molecule has 0 saturated carbocycles. The molecule has 0 aliphatic rings. The second-order valence-electron chi connectivity index (χ2n) is 6.26. The van der Waals surface area contributed by atoms with E-state index in [1.165, 1.54) is 0 Å². The molecule has 158 valence electrons. The molecule has 7 N–H and O–H groups in total. The molecule has 0 fully saturated rings. The van der Waals surface area contributed by atoms with Crippen molar-refractivity contribution in [1.29, 1.82) is 0 Å². The molecule has 2 rings (SSSR count). The van der Waals surface area contributed by atoms with Crippen LogP contribution in [-0.2, 0) is 17.6 Å². The zero-order chi connectivity index (χ0) is 21.2. The number of hydrogen-bond acceptors (Lipinski definition) is 7. The Bertz CT molecular complexity index is 833. The highest BCUT2D eigenvalue weighted by atomic mass is 79.9. The minimum Gasteiger partial charge on any atom is -0.491 e. The molecule has 11 heteroatoms. The van der Waals surface area contributed by atoms with Gasteiger partial charge in [0.1, 0.15) is 11.5 Å². The molecule has 0 saturated heterocycles. The highest BCUT2D eigenvalue weighted by Gasteiger charge is 2.16. The van der Waals surface area contributed by atoms with E-state index in [1.54, 1.807) is 6.20 Å². The fourth-order valence-electron chi connectivity index (χ4n) is 2.55. The number of rotatable bonds is 11. The molecule has 9 nitrogen and oxygen atoms in total. The van der Waals surface area contributed by atoms with Crippen molar-refractivity contribution in [3.63, 3.8) is 0 Å². The topological polar surface area (TPSA) is 152 Å². The number of anilines is 1. The predicted molar refractivity (Wildman–Crippen MR) is 118 cm³/mol. The number of aryl methyl sites for hydroxylation is 1. The number of nitrogens with two attached hydrogens (primary N) is 2. The van der Waals surface area contributed by atoms with Crippen LogP contribution in [0.2, 0.25) is 0 Å². The maximum atomic E-state index is 12.3. The first kappa shape index (κ1) is 23.2. The number of nitrogens with zero attached hydrogens (tertiary/aromatic N) is 2. The number of benzene rings is 1. The smallest absolute Gasteiger partial charge is 0.269 e. The zero-order valence-electron chi connectivity index (χ0n) is 15.8. The second kappa shape index (κ2) is 11.8. The Kier molecular flexibility index (Phi) is 9.42. The number of oxime groups is 1. The summed E-state index contributed by atoms with van der Waals surface area (Å²) in [5.74, 6) is 0.604. The molecule has 0 spiro atoms. The molecule has 0 bridgehead atoms. The van der Waals surface area contributed by atoms with Crippen LogP contribution in [-0.4, -0.2) is 46.5 Å². The Morgan fingerprint density at radius 3 is 2.62 bits per heavy atom. The van der Waals surface area contributed by atoms with Gasteiger partial charge in [-0.3, -0.25) is 4.79 Å². The van der Waals surface area contributed by atoms with Crippen LogP contribution in [0.3, 0.4) is 0 Å². The van der Waals surface area contributed by atoms with Crippen LogP contribution in [0.25, 0.3) is 0 Å². The van der Waals surface area contributed by atoms with Crippen LogP contribution in [0.15, 0.2) is 32.4 Å². The van der Waals surface area contributed by atoms with Gasteiger partial charge in [0.15, 0.2) is 5.95 Å². The van der Waals surface area contributed by atoms with Gasteiger partial charge in [0.25, 0.3) is 5.91 Å². The van der Waals surface area contributed by atoms with Crippen molar-refractivity contribution in [3.05, 3.63) is 38.5 Å². The summed E-state index contributed by atoms with van der Waals surface area (Å²) in [6.45, 7) is 1.48. The minimum atomic E-state index is -0.424. The first-order valence-corrected chi connectivity index (χ1v) is 10.6. The van der Waals surface area contributed by atoms with Crippen LogP contribution in [0, 0.1) is 0 Å². The minimum absolute atomic E-state index is 0.0198. The van der Waals surface area contributed by atoms with Gasteiger partial charge in [-0.2, -0.15) is 0 Å². The molecule has 0 aliphatic heterocycles. The lowest BCUT2D eigenvalue weighted by molar-refractivity contribution is -0.115. The maximum absolute atomic E-state index is 12.3. The summed E-state index contributed by atoms with van der Waals surface area (Å²) in [7, 11) is 0. The third-order valence-electron chi connectivity index (χ3n) is 3.96. The Balaban J connectivity index is 1.88. The molecule has 1 amide bonds. The van der Waals surface area contributed by atoms with Gasteiger partial charge in [-0.1, -0.05) is 5.16 Å². The Morgan fingerprint density at radius 2 is 2.03 bits per heavy atom. The van der Waals surface area contributed by atoms with E-state index < -0.39 is 5.91 Å². The number of ether oxygens (including phenoxy) is 1. The van der Waals surface area contributed by atoms with Gasteiger partial charge in [-0.25, -0.2) is 4.98 Å². The monoisotopic (exact) mass is 530 g/mol. The number of nitrogens with one attached hydrogen (secondary N) is 2. The maximum Gasteiger partial charge on any atom is 0.269 e. The van der Waals surface area contributed by atoms with Crippen molar-refractivity contribution in [2.75, 3.05) is 25.4 Å². The summed E-state index contributed by atoms with van der Waals surface area (Å²) in [5, 5.41) is 15.2.